The lowest BCUT2D eigenvalue weighted by Gasteiger charge is -2.44. The molecular weight excluding hydrogens is 665 g/mol. The van der Waals surface area contributed by atoms with Crippen molar-refractivity contribution in [1.29, 1.82) is 0 Å². The van der Waals surface area contributed by atoms with E-state index in [-0.39, 0.29) is 31.6 Å². The van der Waals surface area contributed by atoms with Crippen LogP contribution in [0, 0.1) is 0 Å². The Morgan fingerprint density at radius 2 is 1.29 bits per heavy atom. The molecule has 5 rings (SSSR count). The zero-order chi connectivity index (χ0) is 36.3. The number of hydrogen-bond donors (Lipinski definition) is 2. The van der Waals surface area contributed by atoms with Crippen molar-refractivity contribution in [1.82, 2.24) is 10.6 Å². The molecule has 4 atom stereocenters. The second-order valence-corrected chi connectivity index (χ2v) is 17.7. The van der Waals surface area contributed by atoms with E-state index in [1.807, 2.05) is 42.5 Å². The predicted molar refractivity (Wildman–Crippen MR) is 196 cm³/mol. The van der Waals surface area contributed by atoms with E-state index in [1.165, 1.54) is 7.11 Å². The minimum absolute atomic E-state index is 0.0484. The van der Waals surface area contributed by atoms with Crippen molar-refractivity contribution in [3.05, 3.63) is 132 Å². The van der Waals surface area contributed by atoms with E-state index in [9.17, 15) is 14.4 Å². The average molecular weight is 711 g/mol. The van der Waals surface area contributed by atoms with E-state index < -0.39 is 50.5 Å². The minimum atomic E-state index is -3.03. The van der Waals surface area contributed by atoms with Crippen LogP contribution in [0.4, 0.5) is 0 Å². The number of carbonyl (C=O) groups is 3. The van der Waals surface area contributed by atoms with Gasteiger partial charge in [0, 0.05) is 13.7 Å². The van der Waals surface area contributed by atoms with Crippen molar-refractivity contribution >= 4 is 36.5 Å². The summed E-state index contributed by atoms with van der Waals surface area (Å²) in [5.41, 5.74) is 0.750. The van der Waals surface area contributed by atoms with Gasteiger partial charge in [-0.25, -0.2) is 9.59 Å². The fourth-order valence-electron chi connectivity index (χ4n) is 6.38. The van der Waals surface area contributed by atoms with Gasteiger partial charge >= 0.3 is 11.9 Å². The SMILES string of the molecule is COCO[C@H](COC(=O)c1ccccc1)[C@@H]1NC[C@H](OC(=O)c2ccccc2)[C@H](CO[Si](c2ccccc2)(c2ccccc2)C(C)(C)C)NC1=O. The van der Waals surface area contributed by atoms with Crippen molar-refractivity contribution < 1.29 is 37.8 Å². The first-order valence-electron chi connectivity index (χ1n) is 17.0. The zero-order valence-corrected chi connectivity index (χ0v) is 30.5. The van der Waals surface area contributed by atoms with Crippen LogP contribution in [-0.2, 0) is 28.2 Å². The van der Waals surface area contributed by atoms with Crippen LogP contribution < -0.4 is 21.0 Å². The molecular formula is C40H46N2O8Si. The highest BCUT2D eigenvalue weighted by molar-refractivity contribution is 6.99. The summed E-state index contributed by atoms with van der Waals surface area (Å²) < 4.78 is 29.9. The smallest absolute Gasteiger partial charge is 0.338 e. The summed E-state index contributed by atoms with van der Waals surface area (Å²) >= 11 is 0. The van der Waals surface area contributed by atoms with Crippen LogP contribution >= 0.6 is 0 Å². The van der Waals surface area contributed by atoms with Crippen LogP contribution in [0.5, 0.6) is 0 Å². The molecule has 11 heteroatoms. The second kappa shape index (κ2) is 17.5. The van der Waals surface area contributed by atoms with Crippen LogP contribution in [0.2, 0.25) is 5.04 Å². The molecule has 4 aromatic rings. The predicted octanol–water partition coefficient (Wildman–Crippen LogP) is 4.09. The maximum atomic E-state index is 14.1. The molecule has 0 radical (unpaired) electrons. The number of esters is 2. The molecule has 0 bridgehead atoms. The normalized spacial score (nSPS) is 18.6. The van der Waals surface area contributed by atoms with E-state index >= 15 is 0 Å². The van der Waals surface area contributed by atoms with Gasteiger partial charge in [-0.1, -0.05) is 118 Å². The number of rotatable bonds is 14. The third-order valence-electron chi connectivity index (χ3n) is 8.92. The summed E-state index contributed by atoms with van der Waals surface area (Å²) in [4.78, 5) is 40.3. The highest BCUT2D eigenvalue weighted by Crippen LogP contribution is 2.37. The Labute approximate surface area is 300 Å². The maximum absolute atomic E-state index is 14.1. The molecule has 1 saturated heterocycles. The van der Waals surface area contributed by atoms with E-state index in [2.05, 4.69) is 55.7 Å². The van der Waals surface area contributed by atoms with Gasteiger partial charge in [-0.2, -0.15) is 0 Å². The van der Waals surface area contributed by atoms with Crippen LogP contribution in [0.3, 0.4) is 0 Å². The number of amides is 1. The summed E-state index contributed by atoms with van der Waals surface area (Å²) in [6.45, 7) is 6.26. The van der Waals surface area contributed by atoms with Gasteiger partial charge in [-0.15, -0.1) is 0 Å². The van der Waals surface area contributed by atoms with Gasteiger partial charge in [0.2, 0.25) is 5.91 Å². The van der Waals surface area contributed by atoms with Crippen LogP contribution in [0.1, 0.15) is 41.5 Å². The Bertz CT molecular complexity index is 1660. The van der Waals surface area contributed by atoms with Crippen molar-refractivity contribution in [3.63, 3.8) is 0 Å². The zero-order valence-electron chi connectivity index (χ0n) is 29.5. The highest BCUT2D eigenvalue weighted by Gasteiger charge is 2.51. The summed E-state index contributed by atoms with van der Waals surface area (Å²) in [7, 11) is -1.57. The third-order valence-corrected chi connectivity index (χ3v) is 13.9. The van der Waals surface area contributed by atoms with Gasteiger partial charge in [-0.3, -0.25) is 10.1 Å². The molecule has 1 fully saturated rings. The summed E-state index contributed by atoms with van der Waals surface area (Å²) in [5, 5.41) is 8.14. The molecule has 1 amide bonds. The lowest BCUT2D eigenvalue weighted by atomic mass is 10.1. The first kappa shape index (κ1) is 37.6. The van der Waals surface area contributed by atoms with E-state index in [0.29, 0.717) is 11.1 Å². The lowest BCUT2D eigenvalue weighted by molar-refractivity contribution is -0.136. The van der Waals surface area contributed by atoms with Gasteiger partial charge in [0.15, 0.2) is 0 Å². The minimum Gasteiger partial charge on any atom is -0.459 e. The first-order valence-corrected chi connectivity index (χ1v) is 18.9. The number of methoxy groups -OCH3 is 1. The monoisotopic (exact) mass is 710 g/mol. The quantitative estimate of drug-likeness (QED) is 0.113. The van der Waals surface area contributed by atoms with E-state index in [1.54, 1.807) is 54.6 Å². The van der Waals surface area contributed by atoms with Crippen LogP contribution in [-0.4, -0.2) is 84.1 Å². The standard InChI is InChI=1S/C40H46N2O8Si/c1-40(2,3)51(31-21-13-7-14-22-31,32-23-15-8-16-24-32)49-26-33-34(50-39(45)30-19-11-6-12-20-30)25-41-36(37(43)42-33)35(48-28-46-4)27-47-38(44)29-17-9-5-10-18-29/h5-24,33-36,41H,25-28H2,1-4H3,(H,42,43)/t33-,34-,35+,36-/m0/s1. The summed E-state index contributed by atoms with van der Waals surface area (Å²) in [6, 6.07) is 35.9. The molecule has 10 nitrogen and oxygen atoms in total. The van der Waals surface area contributed by atoms with Crippen molar-refractivity contribution in [2.75, 3.05) is 33.7 Å². The molecule has 1 aliphatic heterocycles. The topological polar surface area (TPSA) is 121 Å². The van der Waals surface area contributed by atoms with Crippen molar-refractivity contribution in [3.8, 4) is 0 Å². The second-order valence-electron chi connectivity index (χ2n) is 13.4. The van der Waals surface area contributed by atoms with Crippen molar-refractivity contribution in [2.24, 2.45) is 0 Å². The third kappa shape index (κ3) is 9.18. The van der Waals surface area contributed by atoms with E-state index in [0.717, 1.165) is 10.4 Å². The molecule has 0 spiro atoms. The fourth-order valence-corrected chi connectivity index (χ4v) is 11.0. The first-order chi connectivity index (χ1) is 24.6. The largest absolute Gasteiger partial charge is 0.459 e. The van der Waals surface area contributed by atoms with Gasteiger partial charge in [0.05, 0.1) is 23.8 Å². The Kier molecular flexibility index (Phi) is 12.9. The molecule has 1 heterocycles. The molecule has 268 valence electrons. The van der Waals surface area contributed by atoms with Gasteiger partial charge in [0.1, 0.15) is 31.6 Å². The number of carbonyl (C=O) groups excluding carboxylic acids is 3. The summed E-state index contributed by atoms with van der Waals surface area (Å²) in [6.07, 6.45) is -1.76. The molecule has 0 unspecified atom stereocenters. The maximum Gasteiger partial charge on any atom is 0.338 e. The van der Waals surface area contributed by atoms with Gasteiger partial charge in [0.25, 0.3) is 8.32 Å². The highest BCUT2D eigenvalue weighted by atomic mass is 28.4. The van der Waals surface area contributed by atoms with Gasteiger partial charge in [-0.05, 0) is 39.7 Å². The number of benzene rings is 4. The lowest BCUT2D eigenvalue weighted by Crippen LogP contribution is -2.68. The number of nitrogens with one attached hydrogen (secondary N) is 2. The molecule has 0 aromatic heterocycles. The molecule has 2 N–H and O–H groups in total. The Morgan fingerprint density at radius 3 is 1.80 bits per heavy atom. The summed E-state index contributed by atoms with van der Waals surface area (Å²) in [5.74, 6) is -1.52. The molecule has 1 aliphatic rings. The van der Waals surface area contributed by atoms with E-state index in [4.69, 9.17) is 23.4 Å². The molecule has 51 heavy (non-hydrogen) atoms. The fraction of sp³-hybridized carbons (Fsp3) is 0.325. The Balaban J connectivity index is 1.45. The molecule has 0 aliphatic carbocycles. The van der Waals surface area contributed by atoms with Crippen molar-refractivity contribution in [2.45, 2.75) is 50.1 Å². The van der Waals surface area contributed by atoms with Crippen LogP contribution in [0.15, 0.2) is 121 Å². The Hall–Kier alpha value is -4.65. The Morgan fingerprint density at radius 1 is 0.784 bits per heavy atom. The van der Waals surface area contributed by atoms with Crippen LogP contribution in [0.25, 0.3) is 0 Å². The average Bonchev–Trinajstić information content (AvgIpc) is 3.30. The van der Waals surface area contributed by atoms with Gasteiger partial charge < -0.3 is 28.7 Å². The number of hydrogen-bond acceptors (Lipinski definition) is 9. The molecule has 0 saturated carbocycles. The molecule has 4 aromatic carbocycles. The number of ether oxygens (including phenoxy) is 4.